The van der Waals surface area contributed by atoms with Crippen LogP contribution < -0.4 is 4.90 Å². The van der Waals surface area contributed by atoms with Crippen LogP contribution in [0.5, 0.6) is 0 Å². The number of nitrogens with zero attached hydrogens (tertiary/aromatic N) is 2. The van der Waals surface area contributed by atoms with E-state index < -0.39 is 5.41 Å². The van der Waals surface area contributed by atoms with Crippen LogP contribution in [-0.4, -0.2) is 4.57 Å². The average Bonchev–Trinajstić information content (AvgIpc) is 4.01. The normalized spacial score (nSPS) is 13.1. The van der Waals surface area contributed by atoms with Crippen LogP contribution in [0.2, 0.25) is 0 Å². The Morgan fingerprint density at radius 2 is 1.05 bits per heavy atom. The van der Waals surface area contributed by atoms with E-state index in [2.05, 4.69) is 254 Å². The molecule has 0 amide bonds. The molecule has 3 heteroatoms. The third kappa shape index (κ3) is 5.47. The van der Waals surface area contributed by atoms with Crippen LogP contribution in [0.25, 0.3) is 75.5 Å². The fourth-order valence-corrected chi connectivity index (χ4v) is 12.6. The first-order valence-electron chi connectivity index (χ1n) is 22.9. The highest BCUT2D eigenvalue weighted by molar-refractivity contribution is 7.26. The van der Waals surface area contributed by atoms with Gasteiger partial charge in [-0.15, -0.1) is 11.3 Å². The number of thiophene rings is 1. The number of hydrogen-bond acceptors (Lipinski definition) is 2. The van der Waals surface area contributed by atoms with Gasteiger partial charge in [0, 0.05) is 54.6 Å². The number of fused-ring (bicyclic) bond motifs is 12. The molecule has 0 atom stereocenters. The van der Waals surface area contributed by atoms with Crippen molar-refractivity contribution >= 4 is 87.1 Å². The van der Waals surface area contributed by atoms with E-state index in [-0.39, 0.29) is 0 Å². The van der Waals surface area contributed by atoms with Crippen molar-refractivity contribution in [3.63, 3.8) is 0 Å². The summed E-state index contributed by atoms with van der Waals surface area (Å²) >= 11 is 1.89. The summed E-state index contributed by atoms with van der Waals surface area (Å²) in [6.45, 7) is 4.42. The van der Waals surface area contributed by atoms with Crippen LogP contribution >= 0.6 is 11.3 Å². The molecule has 12 aromatic rings. The number of hydrogen-bond donors (Lipinski definition) is 0. The zero-order valence-corrected chi connectivity index (χ0v) is 37.6. The molecule has 1 aliphatic carbocycles. The zero-order chi connectivity index (χ0) is 43.9. The minimum atomic E-state index is -0.498. The predicted octanol–water partition coefficient (Wildman–Crippen LogP) is 17.5. The summed E-state index contributed by atoms with van der Waals surface area (Å²) < 4.78 is 5.10. The number of para-hydroxylation sites is 1. The van der Waals surface area contributed by atoms with Gasteiger partial charge in [-0.3, -0.25) is 0 Å². The smallest absolute Gasteiger partial charge is 0.0714 e. The van der Waals surface area contributed by atoms with Crippen LogP contribution in [0.3, 0.4) is 0 Å². The maximum Gasteiger partial charge on any atom is 0.0714 e. The molecule has 0 spiro atoms. The van der Waals surface area contributed by atoms with Gasteiger partial charge in [0.05, 0.1) is 21.3 Å². The molecule has 10 aromatic carbocycles. The summed E-state index contributed by atoms with van der Waals surface area (Å²) in [5.41, 5.74) is 15.5. The molecule has 0 fully saturated rings. The van der Waals surface area contributed by atoms with E-state index in [1.165, 1.54) is 103 Å². The SMILES string of the molecule is C/C=C\c1c(C)n(-c2cccc3c2sc2ccc(N(c4ccccc4)c4ccc5c(c4)C(c4ccccc4)(c4ccccc4)c4ccccc4-5)cc23)c2c3ccccc3c3ccccc3c12. The van der Waals surface area contributed by atoms with Gasteiger partial charge in [-0.2, -0.15) is 0 Å². The van der Waals surface area contributed by atoms with Crippen molar-refractivity contribution in [2.45, 2.75) is 19.3 Å². The number of aromatic nitrogens is 1. The third-order valence-corrected chi connectivity index (χ3v) is 15.3. The highest BCUT2D eigenvalue weighted by Gasteiger charge is 2.46. The van der Waals surface area contributed by atoms with Crippen molar-refractivity contribution in [1.29, 1.82) is 0 Å². The van der Waals surface area contributed by atoms with Gasteiger partial charge in [-0.25, -0.2) is 0 Å². The summed E-state index contributed by atoms with van der Waals surface area (Å²) in [7, 11) is 0. The first kappa shape index (κ1) is 38.5. The molecule has 2 heterocycles. The lowest BCUT2D eigenvalue weighted by atomic mass is 9.67. The van der Waals surface area contributed by atoms with Crippen LogP contribution in [0.15, 0.2) is 224 Å². The van der Waals surface area contributed by atoms with Crippen LogP contribution in [0.4, 0.5) is 17.1 Å². The van der Waals surface area contributed by atoms with Crippen molar-refractivity contribution in [1.82, 2.24) is 4.57 Å². The topological polar surface area (TPSA) is 8.17 Å². The first-order chi connectivity index (χ1) is 32.6. The molecule has 0 bridgehead atoms. The average molecular weight is 861 g/mol. The molecule has 13 rings (SSSR count). The van der Waals surface area contributed by atoms with Crippen LogP contribution in [0, 0.1) is 6.92 Å². The Morgan fingerprint density at radius 1 is 0.470 bits per heavy atom. The lowest BCUT2D eigenvalue weighted by Crippen LogP contribution is -2.28. The molecule has 2 aromatic heterocycles. The van der Waals surface area contributed by atoms with Gasteiger partial charge in [-0.05, 0) is 112 Å². The zero-order valence-electron chi connectivity index (χ0n) is 36.7. The molecule has 0 unspecified atom stereocenters. The minimum Gasteiger partial charge on any atom is -0.311 e. The van der Waals surface area contributed by atoms with Gasteiger partial charge in [0.25, 0.3) is 0 Å². The van der Waals surface area contributed by atoms with Gasteiger partial charge in [0.15, 0.2) is 0 Å². The van der Waals surface area contributed by atoms with E-state index in [0.717, 1.165) is 17.1 Å². The molecule has 0 saturated carbocycles. The van der Waals surface area contributed by atoms with Crippen LogP contribution in [-0.2, 0) is 5.41 Å². The van der Waals surface area contributed by atoms with Gasteiger partial charge in [-0.1, -0.05) is 182 Å². The quantitative estimate of drug-likeness (QED) is 0.145. The van der Waals surface area contributed by atoms with Crippen molar-refractivity contribution in [3.8, 4) is 16.8 Å². The Hall–Kier alpha value is -7.98. The van der Waals surface area contributed by atoms with E-state index in [9.17, 15) is 0 Å². The fourth-order valence-electron chi connectivity index (χ4n) is 11.5. The molecule has 0 N–H and O–H groups in total. The summed E-state index contributed by atoms with van der Waals surface area (Å²) in [5, 5.41) is 8.95. The first-order valence-corrected chi connectivity index (χ1v) is 23.7. The van der Waals surface area contributed by atoms with E-state index in [4.69, 9.17) is 0 Å². The molecule has 0 aliphatic heterocycles. The van der Waals surface area contributed by atoms with E-state index in [1.807, 2.05) is 11.3 Å². The largest absolute Gasteiger partial charge is 0.311 e. The van der Waals surface area contributed by atoms with Crippen molar-refractivity contribution < 1.29 is 0 Å². The summed E-state index contributed by atoms with van der Waals surface area (Å²) in [6, 6.07) is 81.0. The monoisotopic (exact) mass is 860 g/mol. The second kappa shape index (κ2) is 15.1. The van der Waals surface area contributed by atoms with Gasteiger partial charge in [0.1, 0.15) is 0 Å². The molecule has 66 heavy (non-hydrogen) atoms. The molecule has 312 valence electrons. The van der Waals surface area contributed by atoms with E-state index in [1.54, 1.807) is 0 Å². The Morgan fingerprint density at radius 3 is 1.77 bits per heavy atom. The van der Waals surface area contributed by atoms with Crippen LogP contribution in [0.1, 0.15) is 40.4 Å². The van der Waals surface area contributed by atoms with E-state index >= 15 is 0 Å². The third-order valence-electron chi connectivity index (χ3n) is 14.1. The van der Waals surface area contributed by atoms with Crippen molar-refractivity contribution in [3.05, 3.63) is 258 Å². The number of anilines is 3. The molecular weight excluding hydrogens is 817 g/mol. The molecule has 2 nitrogen and oxygen atoms in total. The highest BCUT2D eigenvalue weighted by atomic mass is 32.1. The van der Waals surface area contributed by atoms with Gasteiger partial charge in [0.2, 0.25) is 0 Å². The van der Waals surface area contributed by atoms with Crippen molar-refractivity contribution in [2.75, 3.05) is 4.90 Å². The second-order valence-corrected chi connectivity index (χ2v) is 18.6. The molecule has 0 radical (unpaired) electrons. The maximum absolute atomic E-state index is 2.54. The predicted molar refractivity (Wildman–Crippen MR) is 283 cm³/mol. The van der Waals surface area contributed by atoms with E-state index in [0.29, 0.717) is 0 Å². The fraction of sp³-hybridized carbons (Fsp3) is 0.0476. The number of rotatable bonds is 7. The molecule has 0 saturated heterocycles. The standard InChI is InChI=1S/C63H44N2S/c1-3-20-47-41(2)64(61-53-31-16-14-28-49(53)48-27-13-15-30-52(48)60(47)61)58-34-19-32-54-55-39-45(36-38-59(55)66-62(54)58)65(44-25-11-6-12-26-44)46-35-37-51-50-29-17-18-33-56(50)63(57(51)40-46,42-21-7-4-8-22-42)43-23-9-5-10-24-43/h3-40H,1-2H3/b20-3-. The highest BCUT2D eigenvalue weighted by Crippen LogP contribution is 2.57. The maximum atomic E-state index is 2.54. The Kier molecular flexibility index (Phi) is 8.78. The summed E-state index contributed by atoms with van der Waals surface area (Å²) in [6.07, 6.45) is 4.48. The molecular formula is C63H44N2S. The summed E-state index contributed by atoms with van der Waals surface area (Å²) in [4.78, 5) is 2.45. The lowest BCUT2D eigenvalue weighted by Gasteiger charge is -2.35. The van der Waals surface area contributed by atoms with Crippen molar-refractivity contribution in [2.24, 2.45) is 0 Å². The Balaban J connectivity index is 1.04. The second-order valence-electron chi connectivity index (χ2n) is 17.5. The molecule has 1 aliphatic rings. The Bertz CT molecular complexity index is 3860. The van der Waals surface area contributed by atoms with Gasteiger partial charge >= 0.3 is 0 Å². The van der Waals surface area contributed by atoms with Gasteiger partial charge < -0.3 is 9.47 Å². The summed E-state index contributed by atoms with van der Waals surface area (Å²) in [5.74, 6) is 0. The lowest BCUT2D eigenvalue weighted by molar-refractivity contribution is 0.768. The Labute approximate surface area is 388 Å². The number of allylic oxidation sites excluding steroid dienone is 1. The minimum absolute atomic E-state index is 0.498. The number of benzene rings is 10.